The van der Waals surface area contributed by atoms with E-state index in [1.165, 1.54) is 29.5 Å². The second-order valence-corrected chi connectivity index (χ2v) is 22.7. The number of Topliss-reactive ketones (excluding diaryl/α,β-unsaturated/α-hetero) is 1. The molecule has 1 aliphatic carbocycles. The van der Waals surface area contributed by atoms with Crippen molar-refractivity contribution in [3.8, 4) is 11.3 Å². The summed E-state index contributed by atoms with van der Waals surface area (Å²) in [6, 6.07) is 8.86. The summed E-state index contributed by atoms with van der Waals surface area (Å²) in [6.07, 6.45) is 16.9. The van der Waals surface area contributed by atoms with E-state index >= 15 is 0 Å². The average Bonchev–Trinajstić information content (AvgIpc) is 3.37. The Balaban J connectivity index is 1.26. The number of nitrogens with zero attached hydrogens (tertiary/aromatic N) is 3. The summed E-state index contributed by atoms with van der Waals surface area (Å²) in [7, 11) is -1.26. The van der Waals surface area contributed by atoms with Crippen LogP contribution in [0.5, 0.6) is 0 Å². The number of benzene rings is 1. The number of amides is 1. The van der Waals surface area contributed by atoms with Crippen molar-refractivity contribution in [1.29, 1.82) is 0 Å². The molecule has 4 atom stereocenters. The van der Waals surface area contributed by atoms with Crippen molar-refractivity contribution in [2.24, 2.45) is 11.3 Å². The molecule has 1 amide bonds. The zero-order chi connectivity index (χ0) is 35.3. The maximum atomic E-state index is 13.9. The predicted molar refractivity (Wildman–Crippen MR) is 208 cm³/mol. The van der Waals surface area contributed by atoms with E-state index in [1.54, 1.807) is 0 Å². The fraction of sp³-hybridized carbons (Fsp3) is 0.675. The van der Waals surface area contributed by atoms with E-state index in [2.05, 4.69) is 86.0 Å². The van der Waals surface area contributed by atoms with Gasteiger partial charge in [-0.15, -0.1) is 0 Å². The molecular weight excluding hydrogens is 706 g/mol. The average molecular weight is 767 g/mol. The van der Waals surface area contributed by atoms with Crippen LogP contribution in [0.1, 0.15) is 113 Å². The van der Waals surface area contributed by atoms with Gasteiger partial charge in [-0.2, -0.15) is 0 Å². The monoisotopic (exact) mass is 765 g/mol. The summed E-state index contributed by atoms with van der Waals surface area (Å²) >= 11 is 3.53. The van der Waals surface area contributed by atoms with E-state index in [9.17, 15) is 9.59 Å². The van der Waals surface area contributed by atoms with Gasteiger partial charge in [0.1, 0.15) is 18.3 Å². The van der Waals surface area contributed by atoms with Gasteiger partial charge in [-0.1, -0.05) is 79.6 Å². The van der Waals surface area contributed by atoms with Gasteiger partial charge in [0, 0.05) is 63.0 Å². The van der Waals surface area contributed by atoms with Crippen LogP contribution in [-0.2, 0) is 21.1 Å². The number of hydrogen-bond donors (Lipinski definition) is 2. The predicted octanol–water partition coefficient (Wildman–Crippen LogP) is 8.48. The van der Waals surface area contributed by atoms with Crippen LogP contribution in [0, 0.1) is 11.3 Å². The molecule has 2 bridgehead atoms. The molecule has 3 aliphatic heterocycles. The second-order valence-electron chi connectivity index (χ2n) is 16.5. The van der Waals surface area contributed by atoms with E-state index < -0.39 is 8.07 Å². The molecule has 50 heavy (non-hydrogen) atoms. The highest BCUT2D eigenvalue weighted by Gasteiger charge is 2.57. The van der Waals surface area contributed by atoms with Crippen LogP contribution in [-0.4, -0.2) is 65.8 Å². The summed E-state index contributed by atoms with van der Waals surface area (Å²) in [5.41, 5.74) is 5.31. The molecule has 8 nitrogen and oxygen atoms in total. The molecule has 6 rings (SSSR count). The number of unbranched alkanes of at least 4 members (excludes halogenated alkanes) is 2. The van der Waals surface area contributed by atoms with Gasteiger partial charge in [0.05, 0.1) is 17.9 Å². The quantitative estimate of drug-likeness (QED) is 0.0646. The van der Waals surface area contributed by atoms with Crippen molar-refractivity contribution in [1.82, 2.24) is 25.1 Å². The number of allylic oxidation sites excluding steroid dienone is 1. The van der Waals surface area contributed by atoms with Crippen molar-refractivity contribution in [2.45, 2.75) is 128 Å². The number of piperidine rings is 1. The lowest BCUT2D eigenvalue weighted by Gasteiger charge is -2.25. The molecule has 3 fully saturated rings. The number of nitrogens with one attached hydrogen (secondary N) is 2. The highest BCUT2D eigenvalue weighted by molar-refractivity contribution is 9.09. The highest BCUT2D eigenvalue weighted by Crippen LogP contribution is 2.59. The fourth-order valence-electron chi connectivity index (χ4n) is 8.70. The van der Waals surface area contributed by atoms with Crippen LogP contribution in [0.25, 0.3) is 11.3 Å². The van der Waals surface area contributed by atoms with E-state index in [0.29, 0.717) is 37.4 Å². The SMILES string of the molecule is CCC(=O)CCCCC[C@H](NC(=O)[C@H]1CC12CCNCC2)c1ncc(-c2ccc3c(c2)C2CCC3N2C/C=C/CBr)n1COCC[Si](C)(C)C. The molecule has 2 unspecified atom stereocenters. The second kappa shape index (κ2) is 16.7. The number of fused-ring (bicyclic) bond motifs is 5. The summed E-state index contributed by atoms with van der Waals surface area (Å²) in [5, 5.41) is 7.87. The van der Waals surface area contributed by atoms with Gasteiger partial charge < -0.3 is 19.9 Å². The number of ketones is 1. The Bertz CT molecular complexity index is 1510. The first-order chi connectivity index (χ1) is 24.1. The van der Waals surface area contributed by atoms with Crippen LogP contribution < -0.4 is 10.6 Å². The third-order valence-electron chi connectivity index (χ3n) is 11.9. The van der Waals surface area contributed by atoms with Crippen LogP contribution in [0.3, 0.4) is 0 Å². The number of halogens is 1. The molecule has 0 radical (unpaired) electrons. The van der Waals surface area contributed by atoms with Crippen molar-refractivity contribution >= 4 is 35.7 Å². The molecular formula is C40H60BrN5O3Si. The van der Waals surface area contributed by atoms with E-state index in [4.69, 9.17) is 9.72 Å². The Morgan fingerprint density at radius 2 is 1.90 bits per heavy atom. The molecule has 1 saturated carbocycles. The standard InChI is InChI=1S/C40H60BrN5O3Si/c1-5-30(47)11-7-6-8-12-34(44-39(48)33-26-40(33)17-20-42-21-18-40)38-43-27-37(46(38)28-49-23-24-50(2,3)4)29-13-14-31-32(25-29)36-16-15-35(31)45(36)22-10-9-19-41/h9-10,13-14,25,27,33-36,42H,5-8,11-12,15-24,26,28H2,1-4H3,(H,44,48)/b10-9+/t33-,34+,35?,36?/m1/s1. The molecule has 2 aromatic rings. The fourth-order valence-corrected chi connectivity index (χ4v) is 9.72. The Kier molecular flexibility index (Phi) is 12.6. The number of hydrogen-bond acceptors (Lipinski definition) is 6. The minimum Gasteiger partial charge on any atom is -0.361 e. The minimum absolute atomic E-state index is 0.0876. The molecule has 1 spiro atoms. The van der Waals surface area contributed by atoms with Gasteiger partial charge in [-0.3, -0.25) is 14.5 Å². The van der Waals surface area contributed by atoms with Crippen LogP contribution >= 0.6 is 15.9 Å². The van der Waals surface area contributed by atoms with Gasteiger partial charge in [0.15, 0.2) is 0 Å². The smallest absolute Gasteiger partial charge is 0.224 e. The van der Waals surface area contributed by atoms with Crippen LogP contribution in [0.15, 0.2) is 36.5 Å². The molecule has 4 aliphatic rings. The number of carbonyl (C=O) groups is 2. The normalized spacial score (nSPS) is 23.1. The molecule has 10 heteroatoms. The molecule has 274 valence electrons. The Morgan fingerprint density at radius 1 is 1.12 bits per heavy atom. The van der Waals surface area contributed by atoms with Gasteiger partial charge in [0.25, 0.3) is 0 Å². The van der Waals surface area contributed by atoms with Crippen LogP contribution in [0.2, 0.25) is 25.7 Å². The highest BCUT2D eigenvalue weighted by atomic mass is 79.9. The lowest BCUT2D eigenvalue weighted by Crippen LogP contribution is -2.36. The van der Waals surface area contributed by atoms with E-state index in [1.807, 2.05) is 13.1 Å². The Hall–Kier alpha value is -2.11. The maximum Gasteiger partial charge on any atom is 0.224 e. The van der Waals surface area contributed by atoms with Crippen molar-refractivity contribution < 1.29 is 14.3 Å². The summed E-state index contributed by atoms with van der Waals surface area (Å²) < 4.78 is 8.68. The lowest BCUT2D eigenvalue weighted by molar-refractivity contribution is -0.124. The summed E-state index contributed by atoms with van der Waals surface area (Å²) in [6.45, 7) is 13.2. The van der Waals surface area contributed by atoms with E-state index in [0.717, 1.165) is 94.1 Å². The molecule has 2 N–H and O–H groups in total. The van der Waals surface area contributed by atoms with Crippen molar-refractivity contribution in [2.75, 3.05) is 31.6 Å². The third kappa shape index (κ3) is 8.73. The topological polar surface area (TPSA) is 88.5 Å². The maximum absolute atomic E-state index is 13.9. The van der Waals surface area contributed by atoms with E-state index in [-0.39, 0.29) is 23.3 Å². The van der Waals surface area contributed by atoms with Gasteiger partial charge in [-0.05, 0) is 86.7 Å². The molecule has 1 aromatic carbocycles. The number of aromatic nitrogens is 2. The first-order valence-corrected chi connectivity index (χ1v) is 24.2. The summed E-state index contributed by atoms with van der Waals surface area (Å²) in [5.74, 6) is 1.48. The van der Waals surface area contributed by atoms with Crippen molar-refractivity contribution in [3.05, 3.63) is 53.5 Å². The number of imidazole rings is 1. The summed E-state index contributed by atoms with van der Waals surface area (Å²) in [4.78, 5) is 33.6. The molecule has 1 aromatic heterocycles. The molecule has 4 heterocycles. The first kappa shape index (κ1) is 37.6. The lowest BCUT2D eigenvalue weighted by atomic mass is 9.90. The van der Waals surface area contributed by atoms with Gasteiger partial charge in [-0.25, -0.2) is 4.98 Å². The Labute approximate surface area is 309 Å². The number of rotatable bonds is 19. The number of carbonyl (C=O) groups excluding carboxylic acids is 2. The zero-order valence-electron chi connectivity index (χ0n) is 30.9. The third-order valence-corrected chi connectivity index (χ3v) is 13.9. The largest absolute Gasteiger partial charge is 0.361 e. The molecule has 2 saturated heterocycles. The zero-order valence-corrected chi connectivity index (χ0v) is 33.5. The first-order valence-electron chi connectivity index (χ1n) is 19.4. The van der Waals surface area contributed by atoms with Gasteiger partial charge >= 0.3 is 0 Å². The number of alkyl halides is 1. The van der Waals surface area contributed by atoms with Crippen LogP contribution in [0.4, 0.5) is 0 Å². The minimum atomic E-state index is -1.26. The van der Waals surface area contributed by atoms with Gasteiger partial charge in [0.2, 0.25) is 5.91 Å². The van der Waals surface area contributed by atoms with Crippen molar-refractivity contribution in [3.63, 3.8) is 0 Å². The number of ether oxygens (including phenoxy) is 1. The Morgan fingerprint density at radius 3 is 2.64 bits per heavy atom.